The fourth-order valence-electron chi connectivity index (χ4n) is 1.88. The maximum atomic E-state index is 12.1. The van der Waals surface area contributed by atoms with Crippen LogP contribution in [0.1, 0.15) is 46.5 Å². The second-order valence-electron chi connectivity index (χ2n) is 5.32. The average Bonchev–Trinajstić information content (AvgIpc) is 3.08. The van der Waals surface area contributed by atoms with Gasteiger partial charge in [-0.3, -0.25) is 0 Å². The van der Waals surface area contributed by atoms with Gasteiger partial charge in [0.05, 0.1) is 0 Å². The van der Waals surface area contributed by atoms with E-state index in [-0.39, 0.29) is 12.1 Å². The van der Waals surface area contributed by atoms with Gasteiger partial charge in [-0.25, -0.2) is 9.59 Å². The molecule has 0 radical (unpaired) electrons. The lowest BCUT2D eigenvalue weighted by molar-refractivity contribution is -0.139. The second-order valence-corrected chi connectivity index (χ2v) is 5.32. The molecule has 1 aliphatic carbocycles. The number of amides is 2. The summed E-state index contributed by atoms with van der Waals surface area (Å²) in [5, 5.41) is 11.7. The summed E-state index contributed by atoms with van der Waals surface area (Å²) < 4.78 is 0. The molecule has 0 spiro atoms. The first kappa shape index (κ1) is 14.8. The highest BCUT2D eigenvalue weighted by Crippen LogP contribution is 2.30. The molecule has 1 atom stereocenters. The number of nitrogens with one attached hydrogen (secondary N) is 1. The van der Waals surface area contributed by atoms with Crippen molar-refractivity contribution >= 4 is 12.0 Å². The number of hydrogen-bond acceptors (Lipinski definition) is 2. The lowest BCUT2D eigenvalue weighted by Gasteiger charge is -2.28. The summed E-state index contributed by atoms with van der Waals surface area (Å²) in [5.74, 6) is -0.354. The number of carboxylic acids is 1. The largest absolute Gasteiger partial charge is 0.480 e. The molecule has 2 N–H and O–H groups in total. The number of aliphatic carboxylic acids is 1. The van der Waals surface area contributed by atoms with Gasteiger partial charge >= 0.3 is 12.0 Å². The molecule has 5 nitrogen and oxygen atoms in total. The SMILES string of the molecule is CCCC(NC(=O)N(CC1CC1)C(C)C)C(=O)O. The lowest BCUT2D eigenvalue weighted by atomic mass is 10.2. The Kier molecular flexibility index (Phi) is 5.44. The van der Waals surface area contributed by atoms with Crippen molar-refractivity contribution in [3.05, 3.63) is 0 Å². The van der Waals surface area contributed by atoms with Crippen LogP contribution >= 0.6 is 0 Å². The Hall–Kier alpha value is -1.26. The van der Waals surface area contributed by atoms with Crippen LogP contribution in [0.25, 0.3) is 0 Å². The van der Waals surface area contributed by atoms with E-state index < -0.39 is 12.0 Å². The van der Waals surface area contributed by atoms with Gasteiger partial charge in [-0.1, -0.05) is 13.3 Å². The van der Waals surface area contributed by atoms with Gasteiger partial charge in [-0.2, -0.15) is 0 Å². The van der Waals surface area contributed by atoms with Crippen molar-refractivity contribution in [1.82, 2.24) is 10.2 Å². The molecule has 0 heterocycles. The summed E-state index contributed by atoms with van der Waals surface area (Å²) in [7, 11) is 0. The molecule has 0 saturated heterocycles. The number of nitrogens with zero attached hydrogens (tertiary/aromatic N) is 1. The highest BCUT2D eigenvalue weighted by Gasteiger charge is 2.30. The molecule has 18 heavy (non-hydrogen) atoms. The van der Waals surface area contributed by atoms with Crippen molar-refractivity contribution in [2.45, 2.75) is 58.5 Å². The molecule has 5 heteroatoms. The first-order chi connectivity index (χ1) is 8.45. The third-order valence-electron chi connectivity index (χ3n) is 3.21. The zero-order chi connectivity index (χ0) is 13.7. The minimum absolute atomic E-state index is 0.0988. The molecule has 1 fully saturated rings. The highest BCUT2D eigenvalue weighted by atomic mass is 16.4. The zero-order valence-corrected chi connectivity index (χ0v) is 11.5. The molecule has 0 bridgehead atoms. The standard InChI is InChI=1S/C13H24N2O3/c1-4-5-11(12(16)17)14-13(18)15(9(2)3)8-10-6-7-10/h9-11H,4-8H2,1-3H3,(H,14,18)(H,16,17). The Morgan fingerprint density at radius 1 is 1.39 bits per heavy atom. The lowest BCUT2D eigenvalue weighted by Crippen LogP contribution is -2.50. The van der Waals surface area contributed by atoms with E-state index in [0.717, 1.165) is 13.0 Å². The average molecular weight is 256 g/mol. The van der Waals surface area contributed by atoms with Crippen LogP contribution in [-0.4, -0.2) is 40.6 Å². The summed E-state index contributed by atoms with van der Waals surface area (Å²) in [6.07, 6.45) is 3.56. The summed E-state index contributed by atoms with van der Waals surface area (Å²) in [4.78, 5) is 24.8. The van der Waals surface area contributed by atoms with E-state index in [1.807, 2.05) is 20.8 Å². The van der Waals surface area contributed by atoms with Crippen molar-refractivity contribution in [1.29, 1.82) is 0 Å². The quantitative estimate of drug-likeness (QED) is 0.732. The molecule has 2 amide bonds. The van der Waals surface area contributed by atoms with Crippen LogP contribution in [0.15, 0.2) is 0 Å². The third kappa shape index (κ3) is 4.55. The molecule has 0 aliphatic heterocycles. The number of carboxylic acid groups (broad SMARTS) is 1. The molecule has 0 aromatic rings. The fourth-order valence-corrected chi connectivity index (χ4v) is 1.88. The van der Waals surface area contributed by atoms with E-state index in [0.29, 0.717) is 12.3 Å². The maximum absolute atomic E-state index is 12.1. The van der Waals surface area contributed by atoms with Crippen LogP contribution in [0.4, 0.5) is 4.79 Å². The Morgan fingerprint density at radius 3 is 2.39 bits per heavy atom. The predicted octanol–water partition coefficient (Wildman–Crippen LogP) is 2.07. The van der Waals surface area contributed by atoms with E-state index in [1.54, 1.807) is 4.90 Å². The fraction of sp³-hybridized carbons (Fsp3) is 0.846. The number of urea groups is 1. The summed E-state index contributed by atoms with van der Waals surface area (Å²) in [6, 6.07) is -0.928. The number of carbonyl (C=O) groups excluding carboxylic acids is 1. The van der Waals surface area contributed by atoms with Crippen molar-refractivity contribution < 1.29 is 14.7 Å². The predicted molar refractivity (Wildman–Crippen MR) is 69.4 cm³/mol. The van der Waals surface area contributed by atoms with E-state index in [9.17, 15) is 9.59 Å². The molecule has 0 aromatic heterocycles. The minimum Gasteiger partial charge on any atom is -0.480 e. The van der Waals surface area contributed by atoms with Gasteiger partial charge in [0.2, 0.25) is 0 Å². The molecule has 1 aliphatic rings. The maximum Gasteiger partial charge on any atom is 0.326 e. The zero-order valence-electron chi connectivity index (χ0n) is 11.5. The molecule has 1 unspecified atom stereocenters. The minimum atomic E-state index is -0.958. The van der Waals surface area contributed by atoms with E-state index >= 15 is 0 Å². The van der Waals surface area contributed by atoms with Crippen LogP contribution in [0, 0.1) is 5.92 Å². The summed E-state index contributed by atoms with van der Waals surface area (Å²) in [6.45, 7) is 6.56. The van der Waals surface area contributed by atoms with Crippen LogP contribution in [-0.2, 0) is 4.79 Å². The summed E-state index contributed by atoms with van der Waals surface area (Å²) in [5.41, 5.74) is 0. The van der Waals surface area contributed by atoms with Crippen molar-refractivity contribution in [2.24, 2.45) is 5.92 Å². The molecule has 104 valence electrons. The Labute approximate surface area is 109 Å². The topological polar surface area (TPSA) is 69.6 Å². The Balaban J connectivity index is 2.55. The molecular formula is C13H24N2O3. The molecule has 1 rings (SSSR count). The van der Waals surface area contributed by atoms with Gasteiger partial charge in [-0.15, -0.1) is 0 Å². The number of hydrogen-bond donors (Lipinski definition) is 2. The van der Waals surface area contributed by atoms with Crippen LogP contribution in [0.5, 0.6) is 0 Å². The normalized spacial score (nSPS) is 16.4. The van der Waals surface area contributed by atoms with E-state index in [4.69, 9.17) is 5.11 Å². The smallest absolute Gasteiger partial charge is 0.326 e. The van der Waals surface area contributed by atoms with E-state index in [1.165, 1.54) is 12.8 Å². The molecule has 0 aromatic carbocycles. The number of rotatable bonds is 7. The van der Waals surface area contributed by atoms with Crippen molar-refractivity contribution in [3.8, 4) is 0 Å². The summed E-state index contributed by atoms with van der Waals surface area (Å²) >= 11 is 0. The van der Waals surface area contributed by atoms with Crippen molar-refractivity contribution in [3.63, 3.8) is 0 Å². The van der Waals surface area contributed by atoms with Gasteiger partial charge in [0.1, 0.15) is 6.04 Å². The first-order valence-corrected chi connectivity index (χ1v) is 6.75. The van der Waals surface area contributed by atoms with Gasteiger partial charge in [0.25, 0.3) is 0 Å². The van der Waals surface area contributed by atoms with Crippen molar-refractivity contribution in [2.75, 3.05) is 6.54 Å². The molecule has 1 saturated carbocycles. The third-order valence-corrected chi connectivity index (χ3v) is 3.21. The van der Waals surface area contributed by atoms with Gasteiger partial charge in [0.15, 0.2) is 0 Å². The Morgan fingerprint density at radius 2 is 2.00 bits per heavy atom. The Bertz CT molecular complexity index is 301. The monoisotopic (exact) mass is 256 g/mol. The van der Waals surface area contributed by atoms with Crippen LogP contribution in [0.2, 0.25) is 0 Å². The number of carbonyl (C=O) groups is 2. The van der Waals surface area contributed by atoms with E-state index in [2.05, 4.69) is 5.32 Å². The van der Waals surface area contributed by atoms with Gasteiger partial charge < -0.3 is 15.3 Å². The first-order valence-electron chi connectivity index (χ1n) is 6.75. The highest BCUT2D eigenvalue weighted by molar-refractivity contribution is 5.82. The van der Waals surface area contributed by atoms with Gasteiger partial charge in [-0.05, 0) is 39.0 Å². The van der Waals surface area contributed by atoms with Crippen LogP contribution in [0.3, 0.4) is 0 Å². The molecular weight excluding hydrogens is 232 g/mol. The van der Waals surface area contributed by atoms with Gasteiger partial charge in [0, 0.05) is 12.6 Å². The second kappa shape index (κ2) is 6.61. The van der Waals surface area contributed by atoms with Crippen LogP contribution < -0.4 is 5.32 Å².